The summed E-state index contributed by atoms with van der Waals surface area (Å²) in [4.78, 5) is 23.0. The predicted octanol–water partition coefficient (Wildman–Crippen LogP) is 4.82. The number of rotatable bonds is 4. The highest BCUT2D eigenvalue weighted by atomic mass is 19.4. The van der Waals surface area contributed by atoms with Gasteiger partial charge in [-0.15, -0.1) is 0 Å². The zero-order chi connectivity index (χ0) is 23.0. The number of nitrogens with two attached hydrogens (primary N) is 1. The van der Waals surface area contributed by atoms with E-state index in [-0.39, 0.29) is 17.8 Å². The van der Waals surface area contributed by atoms with E-state index in [1.807, 2.05) is 19.1 Å². The summed E-state index contributed by atoms with van der Waals surface area (Å²) in [6.45, 7) is 3.79. The Morgan fingerprint density at radius 3 is 2.53 bits per heavy atom. The number of hydrogen-bond donors (Lipinski definition) is 3. The maximum absolute atomic E-state index is 13.1. The molecule has 4 N–H and O–H groups in total. The second-order valence-corrected chi connectivity index (χ2v) is 7.56. The average molecular weight is 439 g/mol. The maximum atomic E-state index is 13.1. The minimum absolute atomic E-state index is 0.0383. The highest BCUT2D eigenvalue weighted by molar-refractivity contribution is 5.93. The van der Waals surface area contributed by atoms with Crippen molar-refractivity contribution < 1.29 is 13.2 Å². The third kappa shape index (κ3) is 4.41. The van der Waals surface area contributed by atoms with Gasteiger partial charge in [-0.25, -0.2) is 9.97 Å². The van der Waals surface area contributed by atoms with Crippen molar-refractivity contribution in [1.82, 2.24) is 15.0 Å². The maximum Gasteiger partial charge on any atom is 0.416 e. The third-order valence-electron chi connectivity index (χ3n) is 5.05. The molecule has 32 heavy (non-hydrogen) atoms. The van der Waals surface area contributed by atoms with Crippen LogP contribution in [0.1, 0.15) is 22.5 Å². The molecule has 9 heteroatoms. The van der Waals surface area contributed by atoms with Crippen LogP contribution in [0.15, 0.2) is 53.5 Å². The van der Waals surface area contributed by atoms with Crippen LogP contribution in [0.4, 0.5) is 24.7 Å². The quantitative estimate of drug-likeness (QED) is 0.397. The van der Waals surface area contributed by atoms with E-state index in [1.165, 1.54) is 12.1 Å². The van der Waals surface area contributed by atoms with E-state index >= 15 is 0 Å². The van der Waals surface area contributed by atoms with Crippen molar-refractivity contribution in [2.75, 3.05) is 11.1 Å². The highest BCUT2D eigenvalue weighted by Gasteiger charge is 2.31. The molecule has 2 heterocycles. The van der Waals surface area contributed by atoms with Gasteiger partial charge in [-0.3, -0.25) is 4.79 Å². The van der Waals surface area contributed by atoms with E-state index in [0.29, 0.717) is 28.1 Å². The summed E-state index contributed by atoms with van der Waals surface area (Å²) in [5.41, 5.74) is 8.46. The fraction of sp³-hybridized carbons (Fsp3) is 0.174. The number of nitrogen functional groups attached to an aromatic ring is 1. The number of aromatic nitrogens is 3. The number of anilines is 2. The number of pyridine rings is 1. The number of fused-ring (bicyclic) bond motifs is 1. The summed E-state index contributed by atoms with van der Waals surface area (Å²) in [7, 11) is 0. The van der Waals surface area contributed by atoms with Crippen LogP contribution >= 0.6 is 0 Å². The van der Waals surface area contributed by atoms with Gasteiger partial charge in [0.2, 0.25) is 5.56 Å². The number of halogens is 3. The van der Waals surface area contributed by atoms with Crippen LogP contribution in [0, 0.1) is 13.8 Å². The Hall–Kier alpha value is -3.88. The fourth-order valence-corrected chi connectivity index (χ4v) is 3.59. The van der Waals surface area contributed by atoms with Crippen molar-refractivity contribution in [3.63, 3.8) is 0 Å². The van der Waals surface area contributed by atoms with Crippen molar-refractivity contribution in [2.24, 2.45) is 0 Å². The molecule has 4 aromatic rings. The molecular weight excluding hydrogens is 419 g/mol. The number of nitrogens with one attached hydrogen (secondary N) is 2. The number of aromatic amines is 1. The molecule has 0 aliphatic rings. The Balaban J connectivity index is 1.74. The highest BCUT2D eigenvalue weighted by Crippen LogP contribution is 2.33. The molecule has 0 atom stereocenters. The summed E-state index contributed by atoms with van der Waals surface area (Å²) in [6, 6.07) is 10.5. The first-order valence-electron chi connectivity index (χ1n) is 9.79. The molecule has 0 radical (unpaired) electrons. The van der Waals surface area contributed by atoms with Gasteiger partial charge >= 0.3 is 6.18 Å². The van der Waals surface area contributed by atoms with Crippen molar-refractivity contribution >= 4 is 22.4 Å². The summed E-state index contributed by atoms with van der Waals surface area (Å²) < 4.78 is 39.4. The predicted molar refractivity (Wildman–Crippen MR) is 118 cm³/mol. The van der Waals surface area contributed by atoms with Crippen LogP contribution in [0.3, 0.4) is 0 Å². The minimum atomic E-state index is -4.48. The average Bonchev–Trinajstić information content (AvgIpc) is 2.71. The van der Waals surface area contributed by atoms with Gasteiger partial charge in [-0.2, -0.15) is 13.2 Å². The largest absolute Gasteiger partial charge is 0.416 e. The molecule has 0 amide bonds. The molecule has 0 saturated carbocycles. The van der Waals surface area contributed by atoms with Crippen LogP contribution in [-0.4, -0.2) is 15.0 Å². The Morgan fingerprint density at radius 1 is 1.06 bits per heavy atom. The lowest BCUT2D eigenvalue weighted by Crippen LogP contribution is -2.09. The van der Waals surface area contributed by atoms with Crippen LogP contribution < -0.4 is 16.6 Å². The summed E-state index contributed by atoms with van der Waals surface area (Å²) in [5.74, 6) is 1.02. The molecule has 6 nitrogen and oxygen atoms in total. The van der Waals surface area contributed by atoms with E-state index in [9.17, 15) is 18.0 Å². The zero-order valence-electron chi connectivity index (χ0n) is 17.3. The number of benzene rings is 2. The Bertz CT molecular complexity index is 1360. The Kier molecular flexibility index (Phi) is 5.33. The van der Waals surface area contributed by atoms with E-state index in [1.54, 1.807) is 19.2 Å². The molecule has 0 spiro atoms. The van der Waals surface area contributed by atoms with Crippen LogP contribution in [0.2, 0.25) is 0 Å². The monoisotopic (exact) mass is 439 g/mol. The number of hydrogen-bond acceptors (Lipinski definition) is 5. The second kappa shape index (κ2) is 7.99. The van der Waals surface area contributed by atoms with E-state index in [2.05, 4.69) is 20.3 Å². The van der Waals surface area contributed by atoms with E-state index in [0.717, 1.165) is 28.8 Å². The Labute approximate surface area is 181 Å². The standard InChI is InChI=1S/C23H20F3N5O/c1-12-5-20-19(9-18(12)15-3-4-21(32)28-11-15)22(31-13(2)30-20)29-10-14-6-16(23(24,25)26)8-17(27)7-14/h3-9,11H,10,27H2,1-2H3,(H,28,32)(H,29,30,31). The third-order valence-corrected chi connectivity index (χ3v) is 5.05. The molecule has 2 aromatic carbocycles. The van der Waals surface area contributed by atoms with Crippen LogP contribution in [0.5, 0.6) is 0 Å². The first kappa shape index (κ1) is 21.4. The number of nitrogens with zero attached hydrogens (tertiary/aromatic N) is 2. The molecule has 0 saturated heterocycles. The van der Waals surface area contributed by atoms with Gasteiger partial charge in [0.15, 0.2) is 0 Å². The van der Waals surface area contributed by atoms with Gasteiger partial charge in [-0.1, -0.05) is 0 Å². The molecule has 4 rings (SSSR count). The molecule has 2 aromatic heterocycles. The normalized spacial score (nSPS) is 11.7. The molecule has 164 valence electrons. The van der Waals surface area contributed by atoms with Gasteiger partial charge in [0.05, 0.1) is 11.1 Å². The van der Waals surface area contributed by atoms with Crippen molar-refractivity contribution in [3.8, 4) is 11.1 Å². The number of aryl methyl sites for hydroxylation is 2. The first-order chi connectivity index (χ1) is 15.1. The molecule has 0 aliphatic heterocycles. The zero-order valence-corrected chi connectivity index (χ0v) is 17.3. The number of H-pyrrole nitrogens is 1. The van der Waals surface area contributed by atoms with Gasteiger partial charge < -0.3 is 16.0 Å². The lowest BCUT2D eigenvalue weighted by Gasteiger charge is -2.14. The topological polar surface area (TPSA) is 96.7 Å². The van der Waals surface area contributed by atoms with Crippen molar-refractivity contribution in [3.05, 3.63) is 81.5 Å². The SMILES string of the molecule is Cc1nc(NCc2cc(N)cc(C(F)(F)F)c2)c2cc(-c3ccc(=O)[nH]c3)c(C)cc2n1. The summed E-state index contributed by atoms with van der Waals surface area (Å²) in [6.07, 6.45) is -2.85. The Morgan fingerprint density at radius 2 is 1.84 bits per heavy atom. The molecule has 0 fully saturated rings. The van der Waals surface area contributed by atoms with E-state index in [4.69, 9.17) is 5.73 Å². The lowest BCUT2D eigenvalue weighted by atomic mass is 9.99. The first-order valence-corrected chi connectivity index (χ1v) is 9.79. The molecule has 0 bridgehead atoms. The van der Waals surface area contributed by atoms with Gasteiger partial charge in [-0.05, 0) is 72.5 Å². The summed E-state index contributed by atoms with van der Waals surface area (Å²) in [5, 5.41) is 3.84. The van der Waals surface area contributed by atoms with Crippen LogP contribution in [0.25, 0.3) is 22.0 Å². The lowest BCUT2D eigenvalue weighted by molar-refractivity contribution is -0.137. The van der Waals surface area contributed by atoms with E-state index < -0.39 is 11.7 Å². The van der Waals surface area contributed by atoms with Gasteiger partial charge in [0, 0.05) is 29.9 Å². The minimum Gasteiger partial charge on any atom is -0.399 e. The second-order valence-electron chi connectivity index (χ2n) is 7.56. The fourth-order valence-electron chi connectivity index (χ4n) is 3.59. The molecule has 0 aliphatic carbocycles. The summed E-state index contributed by atoms with van der Waals surface area (Å²) >= 11 is 0. The van der Waals surface area contributed by atoms with Gasteiger partial charge in [0.1, 0.15) is 11.6 Å². The van der Waals surface area contributed by atoms with Gasteiger partial charge in [0.25, 0.3) is 0 Å². The molecular formula is C23H20F3N5O. The number of alkyl halides is 3. The van der Waals surface area contributed by atoms with Crippen molar-refractivity contribution in [1.29, 1.82) is 0 Å². The smallest absolute Gasteiger partial charge is 0.399 e. The van der Waals surface area contributed by atoms with Crippen LogP contribution in [-0.2, 0) is 12.7 Å². The van der Waals surface area contributed by atoms with Crippen molar-refractivity contribution in [2.45, 2.75) is 26.6 Å². The molecule has 0 unspecified atom stereocenters.